The lowest BCUT2D eigenvalue weighted by molar-refractivity contribution is 0.0303. The Morgan fingerprint density at radius 2 is 1.74 bits per heavy atom. The van der Waals surface area contributed by atoms with Gasteiger partial charge in [-0.05, 0) is 42.8 Å². The number of aryl methyl sites for hydroxylation is 1. The van der Waals surface area contributed by atoms with E-state index in [1.165, 1.54) is 5.56 Å². The highest BCUT2D eigenvalue weighted by Gasteiger charge is 2.19. The first kappa shape index (κ1) is 23.6. The van der Waals surface area contributed by atoms with E-state index in [1.54, 1.807) is 11.8 Å². The van der Waals surface area contributed by atoms with Gasteiger partial charge in [0, 0.05) is 35.0 Å². The van der Waals surface area contributed by atoms with Crippen molar-refractivity contribution in [3.05, 3.63) is 94.5 Å². The van der Waals surface area contributed by atoms with Gasteiger partial charge in [-0.25, -0.2) is 0 Å². The average molecular weight is 505 g/mol. The number of rotatable bonds is 6. The smallest absolute Gasteiger partial charge is 0.254 e. The molecule has 1 aliphatic heterocycles. The average Bonchev–Trinajstić information content (AvgIpc) is 3.32. The maximum atomic E-state index is 12.7. The summed E-state index contributed by atoms with van der Waals surface area (Å²) in [5.74, 6) is 1.51. The lowest BCUT2D eigenvalue weighted by atomic mass is 10.1. The molecule has 1 aliphatic rings. The first-order valence-corrected chi connectivity index (χ1v) is 12.8. The summed E-state index contributed by atoms with van der Waals surface area (Å²) in [4.78, 5) is 14.6. The van der Waals surface area contributed by atoms with Crippen LogP contribution in [0.4, 0.5) is 0 Å². The zero-order chi connectivity index (χ0) is 24.2. The molecular weight excluding hydrogens is 480 g/mol. The predicted molar refractivity (Wildman–Crippen MR) is 139 cm³/mol. The Balaban J connectivity index is 1.37. The summed E-state index contributed by atoms with van der Waals surface area (Å²) in [5, 5.41) is 10.4. The minimum absolute atomic E-state index is 0.0518. The summed E-state index contributed by atoms with van der Waals surface area (Å²) in [6.45, 7) is 4.53. The molecule has 0 unspecified atom stereocenters. The number of hydrogen-bond acceptors (Lipinski definition) is 5. The standard InChI is InChI=1S/C27H25ClN4O2S/c1-19-5-9-21(10-6-19)25-29-30-27(32(25)24-4-2-3-23(28)17-24)35-18-20-7-11-22(12-8-20)26(33)31-13-15-34-16-14-31/h2-12,17H,13-16,18H2,1H3. The van der Waals surface area contributed by atoms with Crippen LogP contribution in [0.25, 0.3) is 17.1 Å². The van der Waals surface area contributed by atoms with Gasteiger partial charge in [0.2, 0.25) is 0 Å². The number of morpholine rings is 1. The molecule has 1 saturated heterocycles. The van der Waals surface area contributed by atoms with Crippen LogP contribution in [0.1, 0.15) is 21.5 Å². The monoisotopic (exact) mass is 504 g/mol. The van der Waals surface area contributed by atoms with Crippen molar-refractivity contribution in [2.75, 3.05) is 26.3 Å². The van der Waals surface area contributed by atoms with Gasteiger partial charge >= 0.3 is 0 Å². The third kappa shape index (κ3) is 5.42. The molecule has 0 spiro atoms. The van der Waals surface area contributed by atoms with Gasteiger partial charge in [0.15, 0.2) is 11.0 Å². The molecule has 0 radical (unpaired) electrons. The molecule has 4 aromatic rings. The Hall–Kier alpha value is -3.13. The Morgan fingerprint density at radius 1 is 1.00 bits per heavy atom. The summed E-state index contributed by atoms with van der Waals surface area (Å²) in [6, 6.07) is 23.7. The number of halogens is 1. The normalized spacial score (nSPS) is 13.7. The summed E-state index contributed by atoms with van der Waals surface area (Å²) < 4.78 is 7.38. The molecule has 3 aromatic carbocycles. The summed E-state index contributed by atoms with van der Waals surface area (Å²) in [7, 11) is 0. The van der Waals surface area contributed by atoms with E-state index < -0.39 is 0 Å². The Morgan fingerprint density at radius 3 is 2.46 bits per heavy atom. The molecule has 0 N–H and O–H groups in total. The van der Waals surface area contributed by atoms with Gasteiger partial charge in [0.25, 0.3) is 5.91 Å². The second-order valence-electron chi connectivity index (χ2n) is 8.38. The van der Waals surface area contributed by atoms with Crippen molar-refractivity contribution in [1.82, 2.24) is 19.7 Å². The van der Waals surface area contributed by atoms with E-state index in [9.17, 15) is 4.79 Å². The third-order valence-electron chi connectivity index (χ3n) is 5.88. The van der Waals surface area contributed by atoms with Crippen molar-refractivity contribution >= 4 is 29.3 Å². The quantitative estimate of drug-likeness (QED) is 0.317. The van der Waals surface area contributed by atoms with Crippen molar-refractivity contribution in [3.8, 4) is 17.1 Å². The van der Waals surface area contributed by atoms with Crippen LogP contribution in [0.15, 0.2) is 78.0 Å². The second-order valence-corrected chi connectivity index (χ2v) is 9.76. The highest BCUT2D eigenvalue weighted by molar-refractivity contribution is 7.98. The van der Waals surface area contributed by atoms with Crippen LogP contribution in [-0.2, 0) is 10.5 Å². The Bertz CT molecular complexity index is 1320. The van der Waals surface area contributed by atoms with E-state index >= 15 is 0 Å². The van der Waals surface area contributed by atoms with E-state index in [1.807, 2.05) is 58.0 Å². The van der Waals surface area contributed by atoms with Crippen molar-refractivity contribution in [2.24, 2.45) is 0 Å². The van der Waals surface area contributed by atoms with Crippen molar-refractivity contribution < 1.29 is 9.53 Å². The molecule has 0 saturated carbocycles. The molecule has 1 fully saturated rings. The summed E-state index contributed by atoms with van der Waals surface area (Å²) >= 11 is 7.90. The van der Waals surface area contributed by atoms with Crippen LogP contribution in [0.5, 0.6) is 0 Å². The molecule has 178 valence electrons. The third-order valence-corrected chi connectivity index (χ3v) is 7.11. The maximum absolute atomic E-state index is 12.7. The van der Waals surface area contributed by atoms with E-state index in [0.717, 1.165) is 27.8 Å². The molecular formula is C27H25ClN4O2S. The second kappa shape index (κ2) is 10.6. The molecule has 35 heavy (non-hydrogen) atoms. The highest BCUT2D eigenvalue weighted by atomic mass is 35.5. The number of benzene rings is 3. The SMILES string of the molecule is Cc1ccc(-c2nnc(SCc3ccc(C(=O)N4CCOCC4)cc3)n2-c2cccc(Cl)c2)cc1. The fourth-order valence-corrected chi connectivity index (χ4v) is 5.03. The number of carbonyl (C=O) groups is 1. The molecule has 1 amide bonds. The fourth-order valence-electron chi connectivity index (χ4n) is 3.94. The molecule has 6 nitrogen and oxygen atoms in total. The van der Waals surface area contributed by atoms with E-state index in [2.05, 4.69) is 41.4 Å². The highest BCUT2D eigenvalue weighted by Crippen LogP contribution is 2.31. The number of ether oxygens (including phenoxy) is 1. The lowest BCUT2D eigenvalue weighted by Gasteiger charge is -2.26. The topological polar surface area (TPSA) is 60.3 Å². The van der Waals surface area contributed by atoms with Crippen LogP contribution in [0.2, 0.25) is 5.02 Å². The van der Waals surface area contributed by atoms with Crippen LogP contribution < -0.4 is 0 Å². The minimum atomic E-state index is 0.0518. The van der Waals surface area contributed by atoms with E-state index in [4.69, 9.17) is 16.3 Å². The van der Waals surface area contributed by atoms with Gasteiger partial charge < -0.3 is 9.64 Å². The van der Waals surface area contributed by atoms with Crippen molar-refractivity contribution in [3.63, 3.8) is 0 Å². The van der Waals surface area contributed by atoms with E-state index in [0.29, 0.717) is 42.6 Å². The van der Waals surface area contributed by atoms with Crippen LogP contribution in [0, 0.1) is 6.92 Å². The van der Waals surface area contributed by atoms with Crippen LogP contribution in [0.3, 0.4) is 0 Å². The van der Waals surface area contributed by atoms with Gasteiger partial charge in [-0.1, -0.05) is 71.4 Å². The summed E-state index contributed by atoms with van der Waals surface area (Å²) in [6.07, 6.45) is 0. The minimum Gasteiger partial charge on any atom is -0.378 e. The van der Waals surface area contributed by atoms with Gasteiger partial charge in [0.05, 0.1) is 18.9 Å². The number of nitrogens with zero attached hydrogens (tertiary/aromatic N) is 4. The van der Waals surface area contributed by atoms with E-state index in [-0.39, 0.29) is 5.91 Å². The first-order chi connectivity index (χ1) is 17.1. The number of amides is 1. The number of hydrogen-bond donors (Lipinski definition) is 0. The molecule has 5 rings (SSSR count). The zero-order valence-electron chi connectivity index (χ0n) is 19.4. The number of carbonyl (C=O) groups excluding carboxylic acids is 1. The molecule has 0 aliphatic carbocycles. The van der Waals surface area contributed by atoms with Crippen LogP contribution >= 0.6 is 23.4 Å². The Kier molecular flexibility index (Phi) is 7.18. The van der Waals surface area contributed by atoms with Gasteiger partial charge in [-0.15, -0.1) is 10.2 Å². The largest absolute Gasteiger partial charge is 0.378 e. The number of aromatic nitrogens is 3. The lowest BCUT2D eigenvalue weighted by Crippen LogP contribution is -2.40. The molecule has 1 aromatic heterocycles. The molecule has 8 heteroatoms. The summed E-state index contributed by atoms with van der Waals surface area (Å²) in [5.41, 5.74) is 4.89. The van der Waals surface area contributed by atoms with Crippen LogP contribution in [-0.4, -0.2) is 51.9 Å². The molecule has 0 bridgehead atoms. The van der Waals surface area contributed by atoms with Crippen molar-refractivity contribution in [1.29, 1.82) is 0 Å². The fraction of sp³-hybridized carbons (Fsp3) is 0.222. The predicted octanol–water partition coefficient (Wildman–Crippen LogP) is 5.66. The zero-order valence-corrected chi connectivity index (χ0v) is 20.9. The van der Waals surface area contributed by atoms with Gasteiger partial charge in [-0.2, -0.15) is 0 Å². The van der Waals surface area contributed by atoms with Gasteiger partial charge in [-0.3, -0.25) is 9.36 Å². The maximum Gasteiger partial charge on any atom is 0.254 e. The molecule has 2 heterocycles. The van der Waals surface area contributed by atoms with Crippen molar-refractivity contribution in [2.45, 2.75) is 17.8 Å². The Labute approximate surface area is 213 Å². The van der Waals surface area contributed by atoms with Gasteiger partial charge in [0.1, 0.15) is 0 Å². The first-order valence-electron chi connectivity index (χ1n) is 11.5. The number of thioether (sulfide) groups is 1. The molecule has 0 atom stereocenters.